The van der Waals surface area contributed by atoms with Crippen molar-refractivity contribution >= 4 is 0 Å². The Hall–Kier alpha value is -2.05. The first-order chi connectivity index (χ1) is 11.8. The average molecular weight is 331 g/mol. The molecule has 0 atom stereocenters. The Balaban J connectivity index is 1.75. The monoisotopic (exact) mass is 331 g/mol. The van der Waals surface area contributed by atoms with Crippen molar-refractivity contribution in [3.63, 3.8) is 0 Å². The lowest BCUT2D eigenvalue weighted by Gasteiger charge is -2.10. The summed E-state index contributed by atoms with van der Waals surface area (Å²) in [5, 5.41) is 8.02. The standard InChI is InChI=1S/C18H25N3O3/c1-3-22-10-7-19-12-15-13-21(2)20-18(15)14-5-6-16-17(11-14)24-9-4-8-23-16/h5-6,11,13,19H,3-4,7-10,12H2,1-2H3. The summed E-state index contributed by atoms with van der Waals surface area (Å²) in [5.74, 6) is 1.61. The third kappa shape index (κ3) is 4.07. The van der Waals surface area contributed by atoms with Gasteiger partial charge in [0.15, 0.2) is 11.5 Å². The van der Waals surface area contributed by atoms with Crippen LogP contribution in [0.4, 0.5) is 0 Å². The summed E-state index contributed by atoms with van der Waals surface area (Å²) in [4.78, 5) is 0. The van der Waals surface area contributed by atoms with Gasteiger partial charge >= 0.3 is 0 Å². The van der Waals surface area contributed by atoms with E-state index in [1.807, 2.05) is 43.0 Å². The van der Waals surface area contributed by atoms with Gasteiger partial charge in [-0.3, -0.25) is 4.68 Å². The van der Waals surface area contributed by atoms with Crippen LogP contribution < -0.4 is 14.8 Å². The van der Waals surface area contributed by atoms with E-state index in [0.29, 0.717) is 13.2 Å². The fraction of sp³-hybridized carbons (Fsp3) is 0.500. The second-order valence-corrected chi connectivity index (χ2v) is 5.76. The molecule has 1 aromatic heterocycles. The van der Waals surface area contributed by atoms with Crippen LogP contribution in [0, 0.1) is 0 Å². The predicted octanol–water partition coefficient (Wildman–Crippen LogP) is 2.37. The summed E-state index contributed by atoms with van der Waals surface area (Å²) >= 11 is 0. The summed E-state index contributed by atoms with van der Waals surface area (Å²) in [6, 6.07) is 6.03. The first kappa shape index (κ1) is 16.8. The van der Waals surface area contributed by atoms with Crippen molar-refractivity contribution in [3.05, 3.63) is 30.0 Å². The Morgan fingerprint density at radius 1 is 1.25 bits per heavy atom. The molecular weight excluding hydrogens is 306 g/mol. The molecule has 0 spiro atoms. The molecule has 0 bridgehead atoms. The number of ether oxygens (including phenoxy) is 3. The molecule has 1 aromatic carbocycles. The van der Waals surface area contributed by atoms with Gasteiger partial charge in [0.2, 0.25) is 0 Å². The number of fused-ring (bicyclic) bond motifs is 1. The van der Waals surface area contributed by atoms with Crippen LogP contribution in [0.25, 0.3) is 11.3 Å². The Bertz CT molecular complexity index is 670. The Morgan fingerprint density at radius 2 is 2.08 bits per heavy atom. The van der Waals surface area contributed by atoms with E-state index in [1.54, 1.807) is 0 Å². The highest BCUT2D eigenvalue weighted by Crippen LogP contribution is 2.34. The summed E-state index contributed by atoms with van der Waals surface area (Å²) in [5.41, 5.74) is 3.17. The summed E-state index contributed by atoms with van der Waals surface area (Å²) in [6.45, 7) is 6.43. The highest BCUT2D eigenvalue weighted by Gasteiger charge is 2.15. The number of rotatable bonds is 7. The quantitative estimate of drug-likeness (QED) is 0.790. The molecule has 6 nitrogen and oxygen atoms in total. The first-order valence-corrected chi connectivity index (χ1v) is 8.49. The molecule has 0 aliphatic carbocycles. The Labute approximate surface area is 142 Å². The van der Waals surface area contributed by atoms with Crippen molar-refractivity contribution < 1.29 is 14.2 Å². The third-order valence-electron chi connectivity index (χ3n) is 3.87. The molecule has 130 valence electrons. The predicted molar refractivity (Wildman–Crippen MR) is 92.5 cm³/mol. The zero-order chi connectivity index (χ0) is 16.8. The van der Waals surface area contributed by atoms with Crippen LogP contribution in [-0.4, -0.2) is 42.8 Å². The van der Waals surface area contributed by atoms with Gasteiger partial charge in [0.1, 0.15) is 0 Å². The molecule has 3 rings (SSSR count). The number of nitrogens with zero attached hydrogens (tertiary/aromatic N) is 2. The van der Waals surface area contributed by atoms with E-state index in [9.17, 15) is 0 Å². The molecule has 0 amide bonds. The van der Waals surface area contributed by atoms with Crippen molar-refractivity contribution in [2.45, 2.75) is 19.9 Å². The SMILES string of the molecule is CCOCCNCc1cn(C)nc1-c1ccc2c(c1)OCCCO2. The van der Waals surface area contributed by atoms with Gasteiger partial charge in [-0.15, -0.1) is 0 Å². The lowest BCUT2D eigenvalue weighted by Crippen LogP contribution is -2.19. The van der Waals surface area contributed by atoms with Crippen LogP contribution in [0.15, 0.2) is 24.4 Å². The lowest BCUT2D eigenvalue weighted by atomic mass is 10.1. The summed E-state index contributed by atoms with van der Waals surface area (Å²) in [7, 11) is 1.94. The lowest BCUT2D eigenvalue weighted by molar-refractivity contribution is 0.149. The van der Waals surface area contributed by atoms with Crippen molar-refractivity contribution in [3.8, 4) is 22.8 Å². The number of hydrogen-bond acceptors (Lipinski definition) is 5. The highest BCUT2D eigenvalue weighted by molar-refractivity contribution is 5.66. The zero-order valence-corrected chi connectivity index (χ0v) is 14.4. The largest absolute Gasteiger partial charge is 0.490 e. The number of aromatic nitrogens is 2. The molecule has 24 heavy (non-hydrogen) atoms. The molecule has 0 saturated carbocycles. The molecule has 0 fully saturated rings. The van der Waals surface area contributed by atoms with E-state index >= 15 is 0 Å². The first-order valence-electron chi connectivity index (χ1n) is 8.49. The van der Waals surface area contributed by atoms with Gasteiger partial charge in [-0.1, -0.05) is 0 Å². The summed E-state index contributed by atoms with van der Waals surface area (Å²) < 4.78 is 18.7. The highest BCUT2D eigenvalue weighted by atomic mass is 16.5. The molecule has 2 aromatic rings. The van der Waals surface area contributed by atoms with Crippen LogP contribution in [0.1, 0.15) is 18.9 Å². The van der Waals surface area contributed by atoms with Crippen molar-refractivity contribution in [2.24, 2.45) is 7.05 Å². The summed E-state index contributed by atoms with van der Waals surface area (Å²) in [6.07, 6.45) is 2.95. The van der Waals surface area contributed by atoms with Gasteiger partial charge in [0.25, 0.3) is 0 Å². The van der Waals surface area contributed by atoms with Gasteiger partial charge in [-0.05, 0) is 25.1 Å². The van der Waals surface area contributed by atoms with E-state index in [0.717, 1.165) is 61.0 Å². The van der Waals surface area contributed by atoms with E-state index in [1.165, 1.54) is 0 Å². The fourth-order valence-corrected chi connectivity index (χ4v) is 2.73. The molecular formula is C18H25N3O3. The number of hydrogen-bond donors (Lipinski definition) is 1. The van der Waals surface area contributed by atoms with Crippen LogP contribution in [0.3, 0.4) is 0 Å². The molecule has 0 unspecified atom stereocenters. The van der Waals surface area contributed by atoms with E-state index in [4.69, 9.17) is 14.2 Å². The van der Waals surface area contributed by atoms with Gasteiger partial charge in [0.05, 0.1) is 25.5 Å². The van der Waals surface area contributed by atoms with Crippen molar-refractivity contribution in [1.82, 2.24) is 15.1 Å². The van der Waals surface area contributed by atoms with E-state index in [-0.39, 0.29) is 0 Å². The van der Waals surface area contributed by atoms with Gasteiger partial charge in [0, 0.05) is 50.5 Å². The van der Waals surface area contributed by atoms with Crippen LogP contribution in [-0.2, 0) is 18.3 Å². The average Bonchev–Trinajstić information content (AvgIpc) is 2.81. The molecule has 2 heterocycles. The topological polar surface area (TPSA) is 57.5 Å². The molecule has 1 aliphatic rings. The molecule has 0 saturated heterocycles. The maximum Gasteiger partial charge on any atom is 0.161 e. The van der Waals surface area contributed by atoms with Gasteiger partial charge < -0.3 is 19.5 Å². The van der Waals surface area contributed by atoms with Crippen LogP contribution in [0.2, 0.25) is 0 Å². The molecule has 6 heteroatoms. The number of aryl methyl sites for hydroxylation is 1. The number of benzene rings is 1. The molecule has 0 radical (unpaired) electrons. The van der Waals surface area contributed by atoms with E-state index < -0.39 is 0 Å². The normalized spacial score (nSPS) is 13.8. The minimum absolute atomic E-state index is 0.685. The Morgan fingerprint density at radius 3 is 2.92 bits per heavy atom. The van der Waals surface area contributed by atoms with Gasteiger partial charge in [-0.25, -0.2) is 0 Å². The minimum atomic E-state index is 0.685. The maximum atomic E-state index is 5.79. The van der Waals surface area contributed by atoms with Crippen molar-refractivity contribution in [2.75, 3.05) is 33.0 Å². The van der Waals surface area contributed by atoms with E-state index in [2.05, 4.69) is 10.4 Å². The van der Waals surface area contributed by atoms with Crippen LogP contribution in [0.5, 0.6) is 11.5 Å². The third-order valence-corrected chi connectivity index (χ3v) is 3.87. The second-order valence-electron chi connectivity index (χ2n) is 5.76. The van der Waals surface area contributed by atoms with Crippen LogP contribution >= 0.6 is 0 Å². The minimum Gasteiger partial charge on any atom is -0.490 e. The van der Waals surface area contributed by atoms with Crippen molar-refractivity contribution in [1.29, 1.82) is 0 Å². The molecule has 1 N–H and O–H groups in total. The maximum absolute atomic E-state index is 5.79. The molecule has 1 aliphatic heterocycles. The van der Waals surface area contributed by atoms with Gasteiger partial charge in [-0.2, -0.15) is 5.10 Å². The second kappa shape index (κ2) is 8.17. The Kier molecular flexibility index (Phi) is 5.72. The smallest absolute Gasteiger partial charge is 0.161 e. The number of nitrogens with one attached hydrogen (secondary N) is 1. The zero-order valence-electron chi connectivity index (χ0n) is 14.4. The fourth-order valence-electron chi connectivity index (χ4n) is 2.73.